The molecule has 2 heteroatoms. The third kappa shape index (κ3) is 0.650. The van der Waals surface area contributed by atoms with E-state index < -0.39 is 0 Å². The van der Waals surface area contributed by atoms with E-state index in [9.17, 15) is 0 Å². The standard InChI is InChI=1S/C6H7NS/c1-2-5(1)6-3-7-8-4-6/h3-5H,1-2H2. The van der Waals surface area contributed by atoms with Crippen molar-refractivity contribution in [1.82, 2.24) is 4.37 Å². The van der Waals surface area contributed by atoms with Gasteiger partial charge in [-0.3, -0.25) is 0 Å². The molecule has 42 valence electrons. The smallest absolute Gasteiger partial charge is 0.0441 e. The van der Waals surface area contributed by atoms with Gasteiger partial charge in [0.05, 0.1) is 0 Å². The van der Waals surface area contributed by atoms with E-state index in [2.05, 4.69) is 9.75 Å². The molecule has 0 spiro atoms. The van der Waals surface area contributed by atoms with Crippen LogP contribution in [0, 0.1) is 0 Å². The van der Waals surface area contributed by atoms with Gasteiger partial charge in [0.25, 0.3) is 0 Å². The van der Waals surface area contributed by atoms with Crippen LogP contribution in [-0.4, -0.2) is 4.37 Å². The van der Waals surface area contributed by atoms with Crippen molar-refractivity contribution in [2.24, 2.45) is 0 Å². The van der Waals surface area contributed by atoms with Crippen molar-refractivity contribution in [2.45, 2.75) is 18.8 Å². The molecular weight excluding hydrogens is 118 g/mol. The second-order valence-electron chi connectivity index (χ2n) is 2.23. The van der Waals surface area contributed by atoms with Crippen LogP contribution in [0.25, 0.3) is 0 Å². The maximum absolute atomic E-state index is 4.03. The zero-order valence-electron chi connectivity index (χ0n) is 4.50. The highest BCUT2D eigenvalue weighted by molar-refractivity contribution is 7.03. The molecule has 1 aromatic heterocycles. The summed E-state index contributed by atoms with van der Waals surface area (Å²) in [5.74, 6) is 0.883. The van der Waals surface area contributed by atoms with Crippen LogP contribution in [0.1, 0.15) is 24.3 Å². The molecule has 1 aliphatic carbocycles. The van der Waals surface area contributed by atoms with Gasteiger partial charge in [-0.15, -0.1) is 0 Å². The molecule has 8 heavy (non-hydrogen) atoms. The second-order valence-corrected chi connectivity index (χ2v) is 2.89. The lowest BCUT2D eigenvalue weighted by molar-refractivity contribution is 1.13. The predicted molar refractivity (Wildman–Crippen MR) is 34.1 cm³/mol. The minimum Gasteiger partial charge on any atom is -0.201 e. The fourth-order valence-corrected chi connectivity index (χ4v) is 1.45. The Morgan fingerprint density at radius 1 is 1.62 bits per heavy atom. The molecule has 1 aromatic rings. The van der Waals surface area contributed by atoms with E-state index >= 15 is 0 Å². The van der Waals surface area contributed by atoms with E-state index in [0.717, 1.165) is 5.92 Å². The van der Waals surface area contributed by atoms with Gasteiger partial charge < -0.3 is 0 Å². The molecule has 0 aliphatic heterocycles. The Bertz CT molecular complexity index is 165. The summed E-state index contributed by atoms with van der Waals surface area (Å²) >= 11 is 1.56. The summed E-state index contributed by atoms with van der Waals surface area (Å²) in [4.78, 5) is 0. The number of nitrogens with zero attached hydrogens (tertiary/aromatic N) is 1. The van der Waals surface area contributed by atoms with Gasteiger partial charge in [0, 0.05) is 11.6 Å². The summed E-state index contributed by atoms with van der Waals surface area (Å²) in [6.07, 6.45) is 4.76. The second kappa shape index (κ2) is 1.55. The lowest BCUT2D eigenvalue weighted by Crippen LogP contribution is -1.67. The van der Waals surface area contributed by atoms with Gasteiger partial charge in [-0.2, -0.15) is 0 Å². The van der Waals surface area contributed by atoms with Crippen LogP contribution in [0.15, 0.2) is 11.6 Å². The van der Waals surface area contributed by atoms with Crippen molar-refractivity contribution in [3.63, 3.8) is 0 Å². The third-order valence-electron chi connectivity index (χ3n) is 1.50. The first-order valence-electron chi connectivity index (χ1n) is 2.86. The third-order valence-corrected chi connectivity index (χ3v) is 2.10. The molecule has 0 aromatic carbocycles. The van der Waals surface area contributed by atoms with Crippen LogP contribution in [0.3, 0.4) is 0 Å². The Balaban J connectivity index is 2.28. The fourth-order valence-electron chi connectivity index (χ4n) is 0.831. The van der Waals surface area contributed by atoms with E-state index in [4.69, 9.17) is 0 Å². The molecular formula is C6H7NS. The molecule has 2 rings (SSSR count). The van der Waals surface area contributed by atoms with Crippen LogP contribution in [-0.2, 0) is 0 Å². The largest absolute Gasteiger partial charge is 0.201 e. The SMILES string of the molecule is c1nscc1C1CC1. The Hall–Kier alpha value is -0.370. The highest BCUT2D eigenvalue weighted by Crippen LogP contribution is 2.40. The molecule has 0 bridgehead atoms. The predicted octanol–water partition coefficient (Wildman–Crippen LogP) is 2.02. The van der Waals surface area contributed by atoms with Crippen LogP contribution in [0.5, 0.6) is 0 Å². The van der Waals surface area contributed by atoms with Gasteiger partial charge in [0.2, 0.25) is 0 Å². The van der Waals surface area contributed by atoms with Gasteiger partial charge in [0.1, 0.15) is 0 Å². The molecule has 0 saturated heterocycles. The van der Waals surface area contributed by atoms with E-state index in [-0.39, 0.29) is 0 Å². The van der Waals surface area contributed by atoms with Gasteiger partial charge in [-0.25, -0.2) is 4.37 Å². The quantitative estimate of drug-likeness (QED) is 0.559. The highest BCUT2D eigenvalue weighted by atomic mass is 32.1. The van der Waals surface area contributed by atoms with E-state index in [1.807, 2.05) is 6.20 Å². The zero-order valence-corrected chi connectivity index (χ0v) is 5.32. The fraction of sp³-hybridized carbons (Fsp3) is 0.500. The number of hydrogen-bond donors (Lipinski definition) is 0. The summed E-state index contributed by atoms with van der Waals surface area (Å²) < 4.78 is 4.03. The summed E-state index contributed by atoms with van der Waals surface area (Å²) in [6.45, 7) is 0. The molecule has 1 nitrogen and oxygen atoms in total. The normalized spacial score (nSPS) is 19.0. The van der Waals surface area contributed by atoms with Crippen LogP contribution < -0.4 is 0 Å². The minimum absolute atomic E-state index is 0.883. The Morgan fingerprint density at radius 2 is 2.50 bits per heavy atom. The maximum atomic E-state index is 4.03. The van der Waals surface area contributed by atoms with Crippen LogP contribution in [0.4, 0.5) is 0 Å². The average Bonchev–Trinajstić information content (AvgIpc) is 2.49. The lowest BCUT2D eigenvalue weighted by Gasteiger charge is -1.80. The number of aromatic nitrogens is 1. The van der Waals surface area contributed by atoms with Crippen molar-refractivity contribution in [2.75, 3.05) is 0 Å². The Kier molecular flexibility index (Phi) is 0.875. The molecule has 0 atom stereocenters. The highest BCUT2D eigenvalue weighted by Gasteiger charge is 2.23. The Labute approximate surface area is 52.5 Å². The van der Waals surface area contributed by atoms with Crippen molar-refractivity contribution in [3.8, 4) is 0 Å². The average molecular weight is 125 g/mol. The van der Waals surface area contributed by atoms with Gasteiger partial charge in [-0.05, 0) is 35.9 Å². The maximum Gasteiger partial charge on any atom is 0.0441 e. The van der Waals surface area contributed by atoms with Crippen molar-refractivity contribution >= 4 is 11.5 Å². The molecule has 0 unspecified atom stereocenters. The van der Waals surface area contributed by atoms with E-state index in [1.165, 1.54) is 18.4 Å². The zero-order chi connectivity index (χ0) is 5.40. The molecule has 0 amide bonds. The van der Waals surface area contributed by atoms with Gasteiger partial charge in [-0.1, -0.05) is 0 Å². The van der Waals surface area contributed by atoms with Crippen LogP contribution >= 0.6 is 11.5 Å². The van der Waals surface area contributed by atoms with Crippen molar-refractivity contribution < 1.29 is 0 Å². The van der Waals surface area contributed by atoms with Crippen molar-refractivity contribution in [1.29, 1.82) is 0 Å². The first-order chi connectivity index (χ1) is 3.97. The molecule has 1 saturated carbocycles. The lowest BCUT2D eigenvalue weighted by atomic mass is 10.2. The summed E-state index contributed by atoms with van der Waals surface area (Å²) in [5.41, 5.74) is 1.45. The summed E-state index contributed by atoms with van der Waals surface area (Å²) in [7, 11) is 0. The molecule has 1 aliphatic rings. The molecule has 1 heterocycles. The van der Waals surface area contributed by atoms with Gasteiger partial charge in [0.15, 0.2) is 0 Å². The summed E-state index contributed by atoms with van der Waals surface area (Å²) in [6, 6.07) is 0. The molecule has 0 N–H and O–H groups in total. The number of rotatable bonds is 1. The number of hydrogen-bond acceptors (Lipinski definition) is 2. The van der Waals surface area contributed by atoms with Crippen LogP contribution in [0.2, 0.25) is 0 Å². The van der Waals surface area contributed by atoms with E-state index in [1.54, 1.807) is 11.5 Å². The summed E-state index contributed by atoms with van der Waals surface area (Å²) in [5, 5.41) is 2.15. The van der Waals surface area contributed by atoms with E-state index in [0.29, 0.717) is 0 Å². The first-order valence-corrected chi connectivity index (χ1v) is 3.70. The minimum atomic E-state index is 0.883. The monoisotopic (exact) mass is 125 g/mol. The topological polar surface area (TPSA) is 12.9 Å². The first kappa shape index (κ1) is 4.50. The molecule has 0 radical (unpaired) electrons. The molecule has 1 fully saturated rings. The van der Waals surface area contributed by atoms with Gasteiger partial charge >= 0.3 is 0 Å². The van der Waals surface area contributed by atoms with Crippen molar-refractivity contribution in [3.05, 3.63) is 17.1 Å². The Morgan fingerprint density at radius 3 is 3.00 bits per heavy atom.